The monoisotopic (exact) mass is 644 g/mol. The predicted octanol–water partition coefficient (Wildman–Crippen LogP) is -3.41. The minimum Gasteiger partial charge on any atom is -0.394 e. The first-order valence-corrected chi connectivity index (χ1v) is 15.6. The maximum atomic E-state index is 11.1. The summed E-state index contributed by atoms with van der Waals surface area (Å²) in [5.41, 5.74) is 0. The first kappa shape index (κ1) is 37.8. The topological polar surface area (TPSA) is 258 Å². The molecule has 0 aromatic rings. The number of hydrogen-bond acceptors (Lipinski definition) is 16. The van der Waals surface area contributed by atoms with E-state index in [-0.39, 0.29) is 6.61 Å². The molecule has 0 aromatic carbocycles. The lowest BCUT2D eigenvalue weighted by Gasteiger charge is -2.48. The molecule has 16 nitrogen and oxygen atoms in total. The fourth-order valence-electron chi connectivity index (χ4n) is 5.60. The van der Waals surface area contributed by atoms with E-state index in [9.17, 15) is 51.1 Å². The number of aliphatic hydroxyl groups excluding tert-OH is 10. The van der Waals surface area contributed by atoms with Gasteiger partial charge in [-0.15, -0.1) is 0 Å². The summed E-state index contributed by atoms with van der Waals surface area (Å²) in [6, 6.07) is 0. The van der Waals surface area contributed by atoms with Crippen molar-refractivity contribution < 1.29 is 79.5 Å². The second-order valence-corrected chi connectivity index (χ2v) is 11.7. The molecule has 0 aromatic heterocycles. The SMILES string of the molecule is CCCCCCCCCCO[C@@H]1O[C@H](CO)[C@@H](O)[C@H](O[C@@H]2O[C@H](CO)[C@@H](O)[C@H](O[C@@H]3O[C@H](CO)[C@@H](O)[C@H](O)[C@H]3O)[C@H]2O)[C@H]1O. The number of hydrogen-bond donors (Lipinski definition) is 10. The van der Waals surface area contributed by atoms with E-state index in [1.54, 1.807) is 0 Å². The normalized spacial score (nSPS) is 43.3. The summed E-state index contributed by atoms with van der Waals surface area (Å²) in [7, 11) is 0. The average Bonchev–Trinajstić information content (AvgIpc) is 3.02. The van der Waals surface area contributed by atoms with Gasteiger partial charge >= 0.3 is 0 Å². The van der Waals surface area contributed by atoms with Gasteiger partial charge in [0, 0.05) is 6.61 Å². The van der Waals surface area contributed by atoms with Gasteiger partial charge in [-0.1, -0.05) is 51.9 Å². The Balaban J connectivity index is 1.64. The summed E-state index contributed by atoms with van der Waals surface area (Å²) < 4.78 is 33.4. The molecule has 0 aliphatic carbocycles. The van der Waals surface area contributed by atoms with Gasteiger partial charge in [-0.25, -0.2) is 0 Å². The highest BCUT2D eigenvalue weighted by Gasteiger charge is 2.53. The molecule has 0 bridgehead atoms. The Bertz CT molecular complexity index is 793. The lowest BCUT2D eigenvalue weighted by atomic mass is 9.96. The van der Waals surface area contributed by atoms with Crippen molar-refractivity contribution in [2.75, 3.05) is 26.4 Å². The molecule has 0 unspecified atom stereocenters. The van der Waals surface area contributed by atoms with E-state index in [1.807, 2.05) is 0 Å². The number of ether oxygens (including phenoxy) is 6. The minimum absolute atomic E-state index is 0.230. The molecule has 3 aliphatic rings. The molecule has 15 atom stereocenters. The fraction of sp³-hybridized carbons (Fsp3) is 1.00. The van der Waals surface area contributed by atoms with Gasteiger partial charge in [0.25, 0.3) is 0 Å². The average molecular weight is 645 g/mol. The van der Waals surface area contributed by atoms with Crippen LogP contribution in [0, 0.1) is 0 Å². The van der Waals surface area contributed by atoms with Crippen molar-refractivity contribution in [3.8, 4) is 0 Å². The van der Waals surface area contributed by atoms with Crippen LogP contribution in [0.5, 0.6) is 0 Å². The van der Waals surface area contributed by atoms with E-state index in [0.29, 0.717) is 6.42 Å². The largest absolute Gasteiger partial charge is 0.394 e. The molecule has 0 saturated carbocycles. The third kappa shape index (κ3) is 9.47. The van der Waals surface area contributed by atoms with E-state index in [1.165, 1.54) is 25.7 Å². The molecule has 3 rings (SSSR count). The zero-order chi connectivity index (χ0) is 32.4. The van der Waals surface area contributed by atoms with Gasteiger partial charge in [-0.05, 0) is 6.42 Å². The van der Waals surface area contributed by atoms with Crippen LogP contribution in [-0.2, 0) is 28.4 Å². The molecule has 0 spiro atoms. The quantitative estimate of drug-likeness (QED) is 0.0692. The number of aliphatic hydroxyl groups is 10. The predicted molar refractivity (Wildman–Crippen MR) is 148 cm³/mol. The molecule has 44 heavy (non-hydrogen) atoms. The Hall–Kier alpha value is -0.640. The summed E-state index contributed by atoms with van der Waals surface area (Å²) in [5, 5.41) is 103. The Labute approximate surface area is 256 Å². The van der Waals surface area contributed by atoms with Gasteiger partial charge in [0.05, 0.1) is 19.8 Å². The second-order valence-electron chi connectivity index (χ2n) is 11.7. The molecular formula is C28H52O16. The lowest BCUT2D eigenvalue weighted by Crippen LogP contribution is -2.67. The molecule has 0 amide bonds. The Morgan fingerprint density at radius 2 is 0.864 bits per heavy atom. The van der Waals surface area contributed by atoms with Crippen LogP contribution < -0.4 is 0 Å². The molecule has 16 heteroatoms. The van der Waals surface area contributed by atoms with Crippen LogP contribution in [0.4, 0.5) is 0 Å². The van der Waals surface area contributed by atoms with Gasteiger partial charge in [-0.3, -0.25) is 0 Å². The number of unbranched alkanes of at least 4 members (excludes halogenated alkanes) is 7. The van der Waals surface area contributed by atoms with Crippen molar-refractivity contribution in [3.63, 3.8) is 0 Å². The van der Waals surface area contributed by atoms with Crippen LogP contribution in [0.2, 0.25) is 0 Å². The molecule has 0 radical (unpaired) electrons. The van der Waals surface area contributed by atoms with Gasteiger partial charge in [0.2, 0.25) is 0 Å². The van der Waals surface area contributed by atoms with Crippen molar-refractivity contribution in [3.05, 3.63) is 0 Å². The first-order chi connectivity index (χ1) is 21.1. The third-order valence-electron chi connectivity index (χ3n) is 8.35. The van der Waals surface area contributed by atoms with Gasteiger partial charge in [0.1, 0.15) is 73.2 Å². The molecule has 3 fully saturated rings. The zero-order valence-electron chi connectivity index (χ0n) is 25.1. The van der Waals surface area contributed by atoms with E-state index in [2.05, 4.69) is 6.92 Å². The fourth-order valence-corrected chi connectivity index (χ4v) is 5.60. The summed E-state index contributed by atoms with van der Waals surface area (Å²) in [6.45, 7) is 0.205. The Kier molecular flexibility index (Phi) is 16.0. The van der Waals surface area contributed by atoms with E-state index in [4.69, 9.17) is 28.4 Å². The standard InChI is InChI=1S/C28H52O16/c1-2-3-4-5-6-7-8-9-10-39-26-22(37)24(18(33)15(12-30)40-26)44-28-23(38)25(19(34)16(13-31)42-28)43-27-21(36)20(35)17(32)14(11-29)41-27/h14-38H,2-13H2,1H3/t14-,15-,16-,17-,18-,19-,20+,21-,22-,23-,24+,25+,26-,27+,28+/m1/s1. The summed E-state index contributed by atoms with van der Waals surface area (Å²) in [5.74, 6) is 0. The highest BCUT2D eigenvalue weighted by molar-refractivity contribution is 4.96. The maximum Gasteiger partial charge on any atom is 0.187 e. The molecule has 260 valence electrons. The third-order valence-corrected chi connectivity index (χ3v) is 8.35. The maximum absolute atomic E-state index is 11.1. The van der Waals surface area contributed by atoms with Crippen molar-refractivity contribution in [1.29, 1.82) is 0 Å². The van der Waals surface area contributed by atoms with Crippen LogP contribution in [0.25, 0.3) is 0 Å². The van der Waals surface area contributed by atoms with Crippen LogP contribution in [0.15, 0.2) is 0 Å². The van der Waals surface area contributed by atoms with Crippen LogP contribution in [-0.4, -0.2) is 170 Å². The van der Waals surface area contributed by atoms with Gasteiger partial charge < -0.3 is 79.5 Å². The lowest BCUT2D eigenvalue weighted by molar-refractivity contribution is -0.381. The van der Waals surface area contributed by atoms with Crippen molar-refractivity contribution in [2.24, 2.45) is 0 Å². The van der Waals surface area contributed by atoms with Crippen LogP contribution >= 0.6 is 0 Å². The van der Waals surface area contributed by atoms with Gasteiger partial charge in [0.15, 0.2) is 18.9 Å². The molecule has 3 aliphatic heterocycles. The van der Waals surface area contributed by atoms with Crippen molar-refractivity contribution >= 4 is 0 Å². The zero-order valence-corrected chi connectivity index (χ0v) is 25.1. The summed E-state index contributed by atoms with van der Waals surface area (Å²) >= 11 is 0. The van der Waals surface area contributed by atoms with E-state index >= 15 is 0 Å². The second kappa shape index (κ2) is 18.6. The smallest absolute Gasteiger partial charge is 0.187 e. The first-order valence-electron chi connectivity index (χ1n) is 15.6. The number of rotatable bonds is 17. The van der Waals surface area contributed by atoms with E-state index < -0.39 is 112 Å². The summed E-state index contributed by atoms with van der Waals surface area (Å²) in [6.07, 6.45) is -15.6. The highest BCUT2D eigenvalue weighted by atomic mass is 16.8. The Morgan fingerprint density at radius 3 is 1.36 bits per heavy atom. The summed E-state index contributed by atoms with van der Waals surface area (Å²) in [4.78, 5) is 0. The highest BCUT2D eigenvalue weighted by Crippen LogP contribution is 2.32. The molecular weight excluding hydrogens is 592 g/mol. The van der Waals surface area contributed by atoms with Crippen molar-refractivity contribution in [2.45, 2.75) is 150 Å². The molecule has 3 heterocycles. The van der Waals surface area contributed by atoms with E-state index in [0.717, 1.165) is 19.3 Å². The van der Waals surface area contributed by atoms with Crippen LogP contribution in [0.1, 0.15) is 58.3 Å². The minimum atomic E-state index is -1.88. The van der Waals surface area contributed by atoms with Gasteiger partial charge in [-0.2, -0.15) is 0 Å². The van der Waals surface area contributed by atoms with Crippen LogP contribution in [0.3, 0.4) is 0 Å². The van der Waals surface area contributed by atoms with Crippen molar-refractivity contribution in [1.82, 2.24) is 0 Å². The molecule has 3 saturated heterocycles. The molecule has 10 N–H and O–H groups in total. The Morgan fingerprint density at radius 1 is 0.455 bits per heavy atom.